The molecule has 0 spiro atoms. The number of carbonyl (C=O) groups is 2. The van der Waals surface area contributed by atoms with E-state index in [1.54, 1.807) is 0 Å². The number of nitrogens with one attached hydrogen (secondary N) is 1. The molecule has 0 saturated carbocycles. The molecule has 1 aromatic carbocycles. The highest BCUT2D eigenvalue weighted by Gasteiger charge is 2.29. The number of carboxylic acid groups (broad SMARTS) is 1. The summed E-state index contributed by atoms with van der Waals surface area (Å²) in [5.41, 5.74) is 11.8. The van der Waals surface area contributed by atoms with E-state index in [-0.39, 0.29) is 18.9 Å². The van der Waals surface area contributed by atoms with Crippen LogP contribution in [-0.4, -0.2) is 29.6 Å². The minimum Gasteiger partial charge on any atom is -0.480 e. The number of carboxylic acids is 1. The van der Waals surface area contributed by atoms with Crippen LogP contribution in [0.1, 0.15) is 12.0 Å². The second-order valence-electron chi connectivity index (χ2n) is 4.25. The van der Waals surface area contributed by atoms with Gasteiger partial charge in [-0.25, -0.2) is 0 Å². The molecule has 2 unspecified atom stereocenters. The smallest absolute Gasteiger partial charge is 0.321 e. The summed E-state index contributed by atoms with van der Waals surface area (Å²) in [6, 6.07) is 8.11. The van der Waals surface area contributed by atoms with Crippen molar-refractivity contribution in [3.05, 3.63) is 35.9 Å². The second-order valence-corrected chi connectivity index (χ2v) is 4.25. The van der Waals surface area contributed by atoms with Gasteiger partial charge >= 0.3 is 5.97 Å². The number of rotatable bonds is 7. The Morgan fingerprint density at radius 1 is 1.26 bits per heavy atom. The third-order valence-electron chi connectivity index (χ3n) is 2.84. The Labute approximate surface area is 111 Å². The number of hydrogen-bond acceptors (Lipinski definition) is 4. The van der Waals surface area contributed by atoms with E-state index in [1.807, 2.05) is 30.3 Å². The second kappa shape index (κ2) is 7.50. The van der Waals surface area contributed by atoms with Gasteiger partial charge in [-0.2, -0.15) is 0 Å². The van der Waals surface area contributed by atoms with Gasteiger partial charge in [-0.3, -0.25) is 9.59 Å². The fourth-order valence-electron chi connectivity index (χ4n) is 1.74. The Hall–Kier alpha value is -1.92. The first-order chi connectivity index (χ1) is 9.06. The zero-order valence-corrected chi connectivity index (χ0v) is 10.6. The zero-order chi connectivity index (χ0) is 14.3. The molecular formula is C13H19N3O3. The summed E-state index contributed by atoms with van der Waals surface area (Å²) in [7, 11) is 0. The van der Waals surface area contributed by atoms with Crippen LogP contribution in [-0.2, 0) is 16.1 Å². The van der Waals surface area contributed by atoms with Crippen LogP contribution in [0.3, 0.4) is 0 Å². The maximum atomic E-state index is 11.9. The first kappa shape index (κ1) is 15.1. The van der Waals surface area contributed by atoms with Crippen LogP contribution >= 0.6 is 0 Å². The molecule has 0 radical (unpaired) electrons. The maximum Gasteiger partial charge on any atom is 0.321 e. The number of amides is 1. The molecule has 0 aliphatic heterocycles. The minimum absolute atomic E-state index is 0.213. The topological polar surface area (TPSA) is 118 Å². The van der Waals surface area contributed by atoms with Crippen molar-refractivity contribution < 1.29 is 14.7 Å². The zero-order valence-electron chi connectivity index (χ0n) is 10.6. The average Bonchev–Trinajstić information content (AvgIpc) is 2.42. The van der Waals surface area contributed by atoms with Crippen LogP contribution in [0.25, 0.3) is 0 Å². The molecule has 6 nitrogen and oxygen atoms in total. The molecular weight excluding hydrogens is 246 g/mol. The number of hydrogen-bond donors (Lipinski definition) is 4. The molecule has 0 aromatic heterocycles. The summed E-state index contributed by atoms with van der Waals surface area (Å²) >= 11 is 0. The first-order valence-corrected chi connectivity index (χ1v) is 6.06. The average molecular weight is 265 g/mol. The van der Waals surface area contributed by atoms with Crippen molar-refractivity contribution >= 4 is 11.9 Å². The van der Waals surface area contributed by atoms with Crippen LogP contribution in [0.4, 0.5) is 0 Å². The number of aliphatic carboxylic acids is 1. The first-order valence-electron chi connectivity index (χ1n) is 6.06. The van der Waals surface area contributed by atoms with Crippen molar-refractivity contribution in [2.75, 3.05) is 6.54 Å². The van der Waals surface area contributed by atoms with E-state index in [4.69, 9.17) is 16.6 Å². The normalized spacial score (nSPS) is 13.6. The Kier molecular flexibility index (Phi) is 5.98. The van der Waals surface area contributed by atoms with Crippen molar-refractivity contribution in [1.29, 1.82) is 0 Å². The Morgan fingerprint density at radius 3 is 2.42 bits per heavy atom. The van der Waals surface area contributed by atoms with Gasteiger partial charge in [0.25, 0.3) is 0 Å². The van der Waals surface area contributed by atoms with Crippen molar-refractivity contribution in [2.24, 2.45) is 17.4 Å². The largest absolute Gasteiger partial charge is 0.480 e. The van der Waals surface area contributed by atoms with E-state index >= 15 is 0 Å². The molecule has 0 bridgehead atoms. The van der Waals surface area contributed by atoms with Gasteiger partial charge in [0.05, 0.1) is 5.92 Å². The Balaban J connectivity index is 2.60. The SMILES string of the molecule is NCCC(C(=O)NCc1ccccc1)C(N)C(=O)O. The Bertz CT molecular complexity index is 422. The number of nitrogens with two attached hydrogens (primary N) is 2. The van der Waals surface area contributed by atoms with Crippen LogP contribution < -0.4 is 16.8 Å². The van der Waals surface area contributed by atoms with Gasteiger partial charge in [0, 0.05) is 6.54 Å². The van der Waals surface area contributed by atoms with E-state index in [0.717, 1.165) is 5.56 Å². The molecule has 6 heteroatoms. The quantitative estimate of drug-likeness (QED) is 0.539. The van der Waals surface area contributed by atoms with E-state index < -0.39 is 17.9 Å². The summed E-state index contributed by atoms with van der Waals surface area (Å²) in [6.07, 6.45) is 0.244. The van der Waals surface area contributed by atoms with Gasteiger partial charge in [-0.05, 0) is 18.5 Å². The van der Waals surface area contributed by atoms with Gasteiger partial charge in [-0.15, -0.1) is 0 Å². The highest BCUT2D eigenvalue weighted by Crippen LogP contribution is 2.08. The molecule has 0 saturated heterocycles. The summed E-state index contributed by atoms with van der Waals surface area (Å²) in [4.78, 5) is 22.8. The van der Waals surface area contributed by atoms with Gasteiger partial charge in [0.2, 0.25) is 5.91 Å². The van der Waals surface area contributed by atoms with Crippen molar-refractivity contribution in [2.45, 2.75) is 19.0 Å². The molecule has 0 aliphatic rings. The molecule has 19 heavy (non-hydrogen) atoms. The monoisotopic (exact) mass is 265 g/mol. The summed E-state index contributed by atoms with van der Waals surface area (Å²) in [5, 5.41) is 11.5. The fraction of sp³-hybridized carbons (Fsp3) is 0.385. The van der Waals surface area contributed by atoms with E-state index in [9.17, 15) is 9.59 Å². The summed E-state index contributed by atoms with van der Waals surface area (Å²) in [6.45, 7) is 0.553. The molecule has 1 amide bonds. The fourth-order valence-corrected chi connectivity index (χ4v) is 1.74. The lowest BCUT2D eigenvalue weighted by molar-refractivity contribution is -0.143. The van der Waals surface area contributed by atoms with E-state index in [2.05, 4.69) is 5.32 Å². The summed E-state index contributed by atoms with van der Waals surface area (Å²) < 4.78 is 0. The van der Waals surface area contributed by atoms with Gasteiger partial charge in [0.15, 0.2) is 0 Å². The molecule has 2 atom stereocenters. The molecule has 1 aromatic rings. The van der Waals surface area contributed by atoms with Crippen molar-refractivity contribution in [3.63, 3.8) is 0 Å². The van der Waals surface area contributed by atoms with Crippen molar-refractivity contribution in [3.8, 4) is 0 Å². The third kappa shape index (κ3) is 4.69. The van der Waals surface area contributed by atoms with E-state index in [1.165, 1.54) is 0 Å². The molecule has 6 N–H and O–H groups in total. The lowest BCUT2D eigenvalue weighted by atomic mass is 9.95. The lowest BCUT2D eigenvalue weighted by Crippen LogP contribution is -2.47. The third-order valence-corrected chi connectivity index (χ3v) is 2.84. The number of benzene rings is 1. The highest BCUT2D eigenvalue weighted by molar-refractivity contribution is 5.86. The molecule has 0 fully saturated rings. The molecule has 1 rings (SSSR count). The van der Waals surface area contributed by atoms with Crippen LogP contribution in [0.15, 0.2) is 30.3 Å². The van der Waals surface area contributed by atoms with Crippen molar-refractivity contribution in [1.82, 2.24) is 5.32 Å². The lowest BCUT2D eigenvalue weighted by Gasteiger charge is -2.19. The van der Waals surface area contributed by atoms with Gasteiger partial charge < -0.3 is 21.9 Å². The van der Waals surface area contributed by atoms with Crippen LogP contribution in [0.2, 0.25) is 0 Å². The van der Waals surface area contributed by atoms with Crippen LogP contribution in [0.5, 0.6) is 0 Å². The maximum absolute atomic E-state index is 11.9. The predicted octanol–water partition coefficient (Wildman–Crippen LogP) is -0.320. The van der Waals surface area contributed by atoms with Gasteiger partial charge in [-0.1, -0.05) is 30.3 Å². The highest BCUT2D eigenvalue weighted by atomic mass is 16.4. The van der Waals surface area contributed by atoms with E-state index in [0.29, 0.717) is 6.54 Å². The minimum atomic E-state index is -1.24. The standard InChI is InChI=1S/C13H19N3O3/c14-7-6-10(11(15)13(18)19)12(17)16-8-9-4-2-1-3-5-9/h1-5,10-11H,6-8,14-15H2,(H,16,17)(H,18,19). The molecule has 0 aliphatic carbocycles. The predicted molar refractivity (Wildman–Crippen MR) is 71.1 cm³/mol. The Morgan fingerprint density at radius 2 is 1.89 bits per heavy atom. The van der Waals surface area contributed by atoms with Gasteiger partial charge in [0.1, 0.15) is 6.04 Å². The molecule has 104 valence electrons. The molecule has 0 heterocycles. The van der Waals surface area contributed by atoms with Crippen LogP contribution in [0, 0.1) is 5.92 Å². The summed E-state index contributed by atoms with van der Waals surface area (Å²) in [5.74, 6) is -2.40. The number of carbonyl (C=O) groups excluding carboxylic acids is 1.